The Morgan fingerprint density at radius 3 is 2.42 bits per heavy atom. The van der Waals surface area contributed by atoms with Gasteiger partial charge in [-0.1, -0.05) is 59.6 Å². The third kappa shape index (κ3) is 5.71. The van der Waals surface area contributed by atoms with Crippen molar-refractivity contribution in [2.75, 3.05) is 5.32 Å². The molecule has 0 aromatic heterocycles. The summed E-state index contributed by atoms with van der Waals surface area (Å²) in [6.07, 6.45) is 0. The van der Waals surface area contributed by atoms with E-state index in [2.05, 4.69) is 11.4 Å². The molecule has 3 aromatic rings. The molecular weight excluding hydrogens is 448 g/mol. The maximum absolute atomic E-state index is 13.2. The van der Waals surface area contributed by atoms with Crippen LogP contribution in [0.5, 0.6) is 0 Å². The molecule has 0 aliphatic heterocycles. The molecule has 0 aliphatic carbocycles. The number of halogens is 1. The van der Waals surface area contributed by atoms with Crippen LogP contribution in [0.15, 0.2) is 87.6 Å². The predicted octanol–water partition coefficient (Wildman–Crippen LogP) is 6.47. The number of anilines is 1. The summed E-state index contributed by atoms with van der Waals surface area (Å²) in [4.78, 5) is -0.252. The number of aryl methyl sites for hydroxylation is 2. The van der Waals surface area contributed by atoms with Gasteiger partial charge in [0.2, 0.25) is 9.84 Å². The summed E-state index contributed by atoms with van der Waals surface area (Å²) in [5.41, 5.74) is 3.93. The summed E-state index contributed by atoms with van der Waals surface area (Å²) in [5, 5.41) is 13.7. The number of hydrogen-bond donors (Lipinski definition) is 1. The lowest BCUT2D eigenvalue weighted by Crippen LogP contribution is -2.10. The summed E-state index contributed by atoms with van der Waals surface area (Å²) >= 11 is 7.36. The van der Waals surface area contributed by atoms with Crippen molar-refractivity contribution in [3.63, 3.8) is 0 Å². The first-order valence-corrected chi connectivity index (χ1v) is 12.3. The van der Waals surface area contributed by atoms with Crippen LogP contribution in [0.2, 0.25) is 5.02 Å². The number of nitrogens with zero attached hydrogens (tertiary/aromatic N) is 1. The van der Waals surface area contributed by atoms with E-state index < -0.39 is 9.84 Å². The molecule has 0 bridgehead atoms. The Morgan fingerprint density at radius 1 is 1.03 bits per heavy atom. The van der Waals surface area contributed by atoms with E-state index in [0.29, 0.717) is 16.5 Å². The Bertz CT molecular complexity index is 1260. The van der Waals surface area contributed by atoms with Gasteiger partial charge in [0.05, 0.1) is 4.90 Å². The van der Waals surface area contributed by atoms with Gasteiger partial charge in [0.25, 0.3) is 0 Å². The van der Waals surface area contributed by atoms with E-state index in [1.54, 1.807) is 42.5 Å². The highest BCUT2D eigenvalue weighted by molar-refractivity contribution is 8.04. The summed E-state index contributed by atoms with van der Waals surface area (Å²) in [5.74, 6) is 0.504. The molecular formula is C24H21ClN2O2S2. The Kier molecular flexibility index (Phi) is 7.45. The number of nitriles is 1. The molecule has 0 fully saturated rings. The van der Waals surface area contributed by atoms with Crippen molar-refractivity contribution in [1.82, 2.24) is 0 Å². The lowest BCUT2D eigenvalue weighted by atomic mass is 10.1. The number of benzene rings is 3. The SMILES string of the molecule is Cc1ccc(CS/C(Nc2cccc(Cl)c2)=C(\C#N)S(=O)(=O)c2ccccc2)c(C)c1. The first kappa shape index (κ1) is 23.0. The van der Waals surface area contributed by atoms with E-state index in [1.165, 1.54) is 23.9 Å². The molecule has 0 saturated heterocycles. The summed E-state index contributed by atoms with van der Waals surface area (Å²) < 4.78 is 26.5. The molecule has 0 amide bonds. The van der Waals surface area contributed by atoms with Crippen LogP contribution in [0.25, 0.3) is 0 Å². The van der Waals surface area contributed by atoms with Crippen molar-refractivity contribution in [3.8, 4) is 6.07 Å². The van der Waals surface area contributed by atoms with E-state index in [1.807, 2.05) is 32.0 Å². The van der Waals surface area contributed by atoms with Crippen LogP contribution in [-0.4, -0.2) is 8.42 Å². The fraction of sp³-hybridized carbons (Fsp3) is 0.125. The summed E-state index contributed by atoms with van der Waals surface area (Å²) in [6, 6.07) is 22.9. The molecule has 0 aliphatic rings. The summed E-state index contributed by atoms with van der Waals surface area (Å²) in [6.45, 7) is 4.04. The van der Waals surface area contributed by atoms with Gasteiger partial charge in [0.1, 0.15) is 11.1 Å². The number of nitrogens with one attached hydrogen (secondary N) is 1. The number of allylic oxidation sites excluding steroid dienone is 1. The zero-order valence-corrected chi connectivity index (χ0v) is 19.5. The average Bonchev–Trinajstić information content (AvgIpc) is 2.74. The van der Waals surface area contributed by atoms with Gasteiger partial charge >= 0.3 is 0 Å². The molecule has 158 valence electrons. The lowest BCUT2D eigenvalue weighted by molar-refractivity contribution is 0.603. The van der Waals surface area contributed by atoms with Crippen LogP contribution in [0.4, 0.5) is 5.69 Å². The van der Waals surface area contributed by atoms with Crippen LogP contribution in [0, 0.1) is 25.2 Å². The van der Waals surface area contributed by atoms with Gasteiger partial charge in [-0.15, -0.1) is 11.8 Å². The van der Waals surface area contributed by atoms with Gasteiger partial charge in [0, 0.05) is 16.5 Å². The van der Waals surface area contributed by atoms with Crippen molar-refractivity contribution in [1.29, 1.82) is 5.26 Å². The minimum atomic E-state index is -4.00. The topological polar surface area (TPSA) is 70.0 Å². The van der Waals surface area contributed by atoms with Crippen molar-refractivity contribution in [2.45, 2.75) is 24.5 Å². The smallest absolute Gasteiger partial charge is 0.219 e. The van der Waals surface area contributed by atoms with Crippen LogP contribution >= 0.6 is 23.4 Å². The van der Waals surface area contributed by atoms with E-state index in [9.17, 15) is 13.7 Å². The van der Waals surface area contributed by atoms with Crippen LogP contribution in [0.1, 0.15) is 16.7 Å². The van der Waals surface area contributed by atoms with Crippen LogP contribution < -0.4 is 5.32 Å². The van der Waals surface area contributed by atoms with Gasteiger partial charge in [-0.05, 0) is 55.3 Å². The first-order chi connectivity index (χ1) is 14.8. The number of rotatable bonds is 7. The lowest BCUT2D eigenvalue weighted by Gasteiger charge is -2.15. The van der Waals surface area contributed by atoms with Crippen molar-refractivity contribution < 1.29 is 8.42 Å². The van der Waals surface area contributed by atoms with E-state index in [4.69, 9.17) is 11.6 Å². The minimum Gasteiger partial charge on any atom is -0.348 e. The van der Waals surface area contributed by atoms with Crippen molar-refractivity contribution in [2.24, 2.45) is 0 Å². The van der Waals surface area contributed by atoms with Crippen LogP contribution in [0.3, 0.4) is 0 Å². The Labute approximate surface area is 192 Å². The molecule has 4 nitrogen and oxygen atoms in total. The summed E-state index contributed by atoms with van der Waals surface area (Å²) in [7, 11) is -4.00. The Morgan fingerprint density at radius 2 is 1.77 bits per heavy atom. The average molecular weight is 469 g/mol. The molecule has 3 rings (SSSR count). The second-order valence-corrected chi connectivity index (χ2v) is 10.2. The number of sulfone groups is 1. The second-order valence-electron chi connectivity index (χ2n) is 6.94. The second kappa shape index (κ2) is 10.1. The highest BCUT2D eigenvalue weighted by atomic mass is 35.5. The fourth-order valence-corrected chi connectivity index (χ4v) is 5.82. The van der Waals surface area contributed by atoms with Gasteiger partial charge in [-0.3, -0.25) is 0 Å². The molecule has 0 atom stereocenters. The van der Waals surface area contributed by atoms with Crippen molar-refractivity contribution >= 4 is 38.9 Å². The quantitative estimate of drug-likeness (QED) is 0.402. The molecule has 31 heavy (non-hydrogen) atoms. The van der Waals surface area contributed by atoms with Gasteiger partial charge in [0.15, 0.2) is 4.91 Å². The third-order valence-electron chi connectivity index (χ3n) is 4.58. The van der Waals surface area contributed by atoms with Gasteiger partial charge in [-0.2, -0.15) is 5.26 Å². The molecule has 3 aromatic carbocycles. The monoisotopic (exact) mass is 468 g/mol. The Balaban J connectivity index is 2.05. The molecule has 0 radical (unpaired) electrons. The third-order valence-corrected chi connectivity index (χ3v) is 7.72. The molecule has 0 unspecified atom stereocenters. The van der Waals surface area contributed by atoms with Crippen molar-refractivity contribution in [3.05, 3.63) is 104 Å². The first-order valence-electron chi connectivity index (χ1n) is 9.47. The predicted molar refractivity (Wildman–Crippen MR) is 129 cm³/mol. The number of thioether (sulfide) groups is 1. The molecule has 0 saturated carbocycles. The fourth-order valence-electron chi connectivity index (χ4n) is 2.96. The molecule has 7 heteroatoms. The highest BCUT2D eigenvalue weighted by Crippen LogP contribution is 2.32. The van der Waals surface area contributed by atoms with Gasteiger partial charge < -0.3 is 5.32 Å². The van der Waals surface area contributed by atoms with E-state index >= 15 is 0 Å². The largest absolute Gasteiger partial charge is 0.348 e. The zero-order chi connectivity index (χ0) is 22.4. The number of hydrogen-bond acceptors (Lipinski definition) is 5. The van der Waals surface area contributed by atoms with E-state index in [-0.39, 0.29) is 14.8 Å². The normalized spacial score (nSPS) is 12.1. The Hall–Kier alpha value is -2.72. The molecule has 0 heterocycles. The standard InChI is InChI=1S/C24H21ClN2O2S2/c1-17-11-12-19(18(2)13-17)16-30-24(27-21-8-6-7-20(25)14-21)23(15-26)31(28,29)22-9-4-3-5-10-22/h3-14,27H,16H2,1-2H3/b24-23+. The maximum atomic E-state index is 13.2. The molecule has 1 N–H and O–H groups in total. The van der Waals surface area contributed by atoms with E-state index in [0.717, 1.165) is 16.7 Å². The maximum Gasteiger partial charge on any atom is 0.219 e. The molecule has 0 spiro atoms. The highest BCUT2D eigenvalue weighted by Gasteiger charge is 2.25. The minimum absolute atomic E-state index is 0.0732. The zero-order valence-electron chi connectivity index (χ0n) is 17.1. The van der Waals surface area contributed by atoms with Gasteiger partial charge in [-0.25, -0.2) is 8.42 Å². The van der Waals surface area contributed by atoms with Crippen LogP contribution in [-0.2, 0) is 15.6 Å².